The summed E-state index contributed by atoms with van der Waals surface area (Å²) in [7, 11) is 0. The van der Waals surface area contributed by atoms with Crippen LogP contribution in [-0.4, -0.2) is 12.6 Å². The second-order valence-electron chi connectivity index (χ2n) is 4.10. The lowest BCUT2D eigenvalue weighted by molar-refractivity contribution is -0.136. The molecule has 0 spiro atoms. The van der Waals surface area contributed by atoms with Crippen LogP contribution in [-0.2, 0) is 4.79 Å². The second-order valence-corrected chi connectivity index (χ2v) is 5.87. The third kappa shape index (κ3) is 4.08. The van der Waals surface area contributed by atoms with Crippen LogP contribution in [0.4, 0.5) is 0 Å². The quantitative estimate of drug-likeness (QED) is 0.560. The molecule has 0 unspecified atom stereocenters. The van der Waals surface area contributed by atoms with Gasteiger partial charge < -0.3 is 9.47 Å². The summed E-state index contributed by atoms with van der Waals surface area (Å²) >= 11 is 6.72. The van der Waals surface area contributed by atoms with Gasteiger partial charge in [0.05, 0.1) is 4.47 Å². The molecule has 0 N–H and O–H groups in total. The van der Waals surface area contributed by atoms with E-state index >= 15 is 0 Å². The van der Waals surface area contributed by atoms with Crippen molar-refractivity contribution in [3.63, 3.8) is 0 Å². The van der Waals surface area contributed by atoms with Gasteiger partial charge in [-0.05, 0) is 52.7 Å². The van der Waals surface area contributed by atoms with E-state index in [0.29, 0.717) is 11.5 Å². The van der Waals surface area contributed by atoms with Gasteiger partial charge in [0.15, 0.2) is 6.61 Å². The molecule has 2 aromatic rings. The summed E-state index contributed by atoms with van der Waals surface area (Å²) in [5.41, 5.74) is 0.908. The van der Waals surface area contributed by atoms with Gasteiger partial charge in [-0.2, -0.15) is 0 Å². The third-order valence-electron chi connectivity index (χ3n) is 2.56. The van der Waals surface area contributed by atoms with E-state index in [0.717, 1.165) is 14.5 Å². The molecule has 0 aromatic heterocycles. The highest BCUT2D eigenvalue weighted by atomic mass is 79.9. The Morgan fingerprint density at radius 3 is 2.55 bits per heavy atom. The Kier molecular flexibility index (Phi) is 5.20. The highest BCUT2D eigenvalue weighted by Gasteiger charge is 2.09. The Morgan fingerprint density at radius 1 is 1.10 bits per heavy atom. The van der Waals surface area contributed by atoms with Gasteiger partial charge in [-0.15, -0.1) is 0 Å². The van der Waals surface area contributed by atoms with Crippen LogP contribution in [0.5, 0.6) is 11.5 Å². The molecule has 0 fully saturated rings. The second kappa shape index (κ2) is 6.90. The average molecular weight is 400 g/mol. The summed E-state index contributed by atoms with van der Waals surface area (Å²) in [6.07, 6.45) is 0. The Bertz CT molecular complexity index is 626. The number of ether oxygens (including phenoxy) is 2. The van der Waals surface area contributed by atoms with Crippen LogP contribution in [0, 0.1) is 6.92 Å². The fraction of sp³-hybridized carbons (Fsp3) is 0.133. The standard InChI is InChI=1S/C15H12Br2O3/c1-10-4-2-3-5-13(10)20-15(18)9-19-14-7-6-11(16)8-12(14)17/h2-8H,9H2,1H3. The van der Waals surface area contributed by atoms with E-state index in [9.17, 15) is 4.79 Å². The number of benzene rings is 2. The zero-order valence-electron chi connectivity index (χ0n) is 10.7. The van der Waals surface area contributed by atoms with E-state index in [1.807, 2.05) is 37.3 Å². The first-order valence-electron chi connectivity index (χ1n) is 5.90. The van der Waals surface area contributed by atoms with E-state index < -0.39 is 5.97 Å². The van der Waals surface area contributed by atoms with Gasteiger partial charge in [-0.25, -0.2) is 4.79 Å². The van der Waals surface area contributed by atoms with Crippen molar-refractivity contribution in [1.29, 1.82) is 0 Å². The largest absolute Gasteiger partial charge is 0.481 e. The van der Waals surface area contributed by atoms with Gasteiger partial charge in [0.2, 0.25) is 0 Å². The molecule has 0 saturated carbocycles. The smallest absolute Gasteiger partial charge is 0.349 e. The summed E-state index contributed by atoms with van der Waals surface area (Å²) < 4.78 is 12.4. The monoisotopic (exact) mass is 398 g/mol. The molecule has 0 amide bonds. The predicted molar refractivity (Wildman–Crippen MR) is 84.2 cm³/mol. The average Bonchev–Trinajstić information content (AvgIpc) is 2.40. The van der Waals surface area contributed by atoms with Gasteiger partial charge in [0.1, 0.15) is 11.5 Å². The summed E-state index contributed by atoms with van der Waals surface area (Å²) in [4.78, 5) is 11.7. The summed E-state index contributed by atoms with van der Waals surface area (Å²) in [6, 6.07) is 12.8. The molecule has 0 heterocycles. The Morgan fingerprint density at radius 2 is 1.85 bits per heavy atom. The fourth-order valence-corrected chi connectivity index (χ4v) is 2.71. The third-order valence-corrected chi connectivity index (χ3v) is 3.67. The number of aryl methyl sites for hydroxylation is 1. The molecule has 0 saturated heterocycles. The Balaban J connectivity index is 1.94. The normalized spacial score (nSPS) is 10.2. The molecule has 0 bridgehead atoms. The van der Waals surface area contributed by atoms with Crippen molar-refractivity contribution in [2.45, 2.75) is 6.92 Å². The topological polar surface area (TPSA) is 35.5 Å². The highest BCUT2D eigenvalue weighted by Crippen LogP contribution is 2.28. The molecule has 5 heteroatoms. The highest BCUT2D eigenvalue weighted by molar-refractivity contribution is 9.11. The van der Waals surface area contributed by atoms with Crippen molar-refractivity contribution in [1.82, 2.24) is 0 Å². The van der Waals surface area contributed by atoms with Gasteiger partial charge in [0.25, 0.3) is 0 Å². The molecule has 2 rings (SSSR count). The van der Waals surface area contributed by atoms with Gasteiger partial charge in [-0.3, -0.25) is 0 Å². The fourth-order valence-electron chi connectivity index (χ4n) is 1.55. The van der Waals surface area contributed by atoms with E-state index in [1.54, 1.807) is 12.1 Å². The van der Waals surface area contributed by atoms with Crippen molar-refractivity contribution in [2.24, 2.45) is 0 Å². The van der Waals surface area contributed by atoms with E-state index in [2.05, 4.69) is 31.9 Å². The van der Waals surface area contributed by atoms with Crippen molar-refractivity contribution < 1.29 is 14.3 Å². The summed E-state index contributed by atoms with van der Waals surface area (Å²) in [5.74, 6) is 0.708. The molecule has 0 aliphatic carbocycles. The van der Waals surface area contributed by atoms with E-state index in [1.165, 1.54) is 0 Å². The minimum absolute atomic E-state index is 0.144. The molecular weight excluding hydrogens is 388 g/mol. The maximum absolute atomic E-state index is 11.7. The molecule has 3 nitrogen and oxygen atoms in total. The number of esters is 1. The first kappa shape index (κ1) is 15.1. The van der Waals surface area contributed by atoms with Crippen LogP contribution in [0.3, 0.4) is 0 Å². The van der Waals surface area contributed by atoms with Crippen molar-refractivity contribution >= 4 is 37.8 Å². The zero-order valence-corrected chi connectivity index (χ0v) is 13.9. The maximum Gasteiger partial charge on any atom is 0.349 e. The number of rotatable bonds is 4. The van der Waals surface area contributed by atoms with Gasteiger partial charge >= 0.3 is 5.97 Å². The van der Waals surface area contributed by atoms with Crippen LogP contribution >= 0.6 is 31.9 Å². The molecule has 20 heavy (non-hydrogen) atoms. The molecular formula is C15H12Br2O3. The molecule has 0 atom stereocenters. The first-order chi connectivity index (χ1) is 9.56. The number of halogens is 2. The molecule has 0 aliphatic rings. The minimum atomic E-state index is -0.436. The lowest BCUT2D eigenvalue weighted by Gasteiger charge is -2.09. The predicted octanol–water partition coefficient (Wildman–Crippen LogP) is 4.50. The zero-order chi connectivity index (χ0) is 14.5. The number of hydrogen-bond donors (Lipinski definition) is 0. The lowest BCUT2D eigenvalue weighted by atomic mass is 10.2. The van der Waals surface area contributed by atoms with Gasteiger partial charge in [-0.1, -0.05) is 34.1 Å². The first-order valence-corrected chi connectivity index (χ1v) is 7.49. The lowest BCUT2D eigenvalue weighted by Crippen LogP contribution is -2.18. The Hall–Kier alpha value is -1.33. The van der Waals surface area contributed by atoms with Crippen LogP contribution in [0.2, 0.25) is 0 Å². The summed E-state index contributed by atoms with van der Waals surface area (Å²) in [6.45, 7) is 1.74. The van der Waals surface area contributed by atoms with Crippen molar-refractivity contribution in [3.05, 3.63) is 57.0 Å². The van der Waals surface area contributed by atoms with Crippen LogP contribution in [0.15, 0.2) is 51.4 Å². The van der Waals surface area contributed by atoms with E-state index in [-0.39, 0.29) is 6.61 Å². The SMILES string of the molecule is Cc1ccccc1OC(=O)COc1ccc(Br)cc1Br. The Labute approximate surface area is 134 Å². The van der Waals surface area contributed by atoms with Crippen molar-refractivity contribution in [3.8, 4) is 11.5 Å². The van der Waals surface area contributed by atoms with Crippen LogP contribution in [0.1, 0.15) is 5.56 Å². The molecule has 2 aromatic carbocycles. The van der Waals surface area contributed by atoms with Gasteiger partial charge in [0, 0.05) is 4.47 Å². The molecule has 0 radical (unpaired) electrons. The number of carbonyl (C=O) groups is 1. The number of carbonyl (C=O) groups excluding carboxylic acids is 1. The van der Waals surface area contributed by atoms with Crippen LogP contribution in [0.25, 0.3) is 0 Å². The maximum atomic E-state index is 11.7. The molecule has 0 aliphatic heterocycles. The van der Waals surface area contributed by atoms with E-state index in [4.69, 9.17) is 9.47 Å². The van der Waals surface area contributed by atoms with Crippen molar-refractivity contribution in [2.75, 3.05) is 6.61 Å². The molecule has 104 valence electrons. The minimum Gasteiger partial charge on any atom is -0.481 e. The summed E-state index contributed by atoms with van der Waals surface area (Å²) in [5, 5.41) is 0. The number of para-hydroxylation sites is 1. The van der Waals surface area contributed by atoms with Crippen LogP contribution < -0.4 is 9.47 Å². The number of hydrogen-bond acceptors (Lipinski definition) is 3.